The molecule has 3 aromatic heterocycles. The molecule has 1 fully saturated rings. The molecule has 4 aromatic rings. The highest BCUT2D eigenvalue weighted by Gasteiger charge is 2.25. The zero-order valence-electron chi connectivity index (χ0n) is 13.9. The Kier molecular flexibility index (Phi) is 3.34. The van der Waals surface area contributed by atoms with Crippen molar-refractivity contribution in [3.8, 4) is 11.4 Å². The van der Waals surface area contributed by atoms with Crippen molar-refractivity contribution >= 4 is 11.6 Å². The zero-order valence-corrected chi connectivity index (χ0v) is 13.9. The lowest BCUT2D eigenvalue weighted by molar-refractivity contribution is 0.877. The maximum atomic E-state index is 12.4. The van der Waals surface area contributed by atoms with Crippen molar-refractivity contribution in [1.82, 2.24) is 29.8 Å². The molecule has 1 aliphatic rings. The fourth-order valence-corrected chi connectivity index (χ4v) is 2.95. The number of aromatic amines is 2. The molecule has 0 amide bonds. The van der Waals surface area contributed by atoms with Crippen molar-refractivity contribution in [1.29, 1.82) is 0 Å². The quantitative estimate of drug-likeness (QED) is 0.514. The van der Waals surface area contributed by atoms with Crippen molar-refractivity contribution in [3.63, 3.8) is 0 Å². The fraction of sp³-hybridized carbons (Fsp3) is 0.222. The highest BCUT2D eigenvalue weighted by atomic mass is 16.1. The average molecular weight is 347 g/mol. The van der Waals surface area contributed by atoms with Gasteiger partial charge in [-0.15, -0.1) is 0 Å². The van der Waals surface area contributed by atoms with Crippen molar-refractivity contribution in [2.45, 2.75) is 25.3 Å². The highest BCUT2D eigenvalue weighted by molar-refractivity contribution is 5.56. The Morgan fingerprint density at radius 1 is 1.15 bits per heavy atom. The van der Waals surface area contributed by atoms with Gasteiger partial charge in [0, 0.05) is 29.3 Å². The van der Waals surface area contributed by atoms with Crippen LogP contribution in [0, 0.1) is 0 Å². The van der Waals surface area contributed by atoms with Crippen molar-refractivity contribution in [2.75, 3.05) is 5.32 Å². The largest absolute Gasteiger partial charge is 0.363 e. The van der Waals surface area contributed by atoms with E-state index >= 15 is 0 Å². The first kappa shape index (κ1) is 14.9. The molecule has 0 radical (unpaired) electrons. The molecule has 130 valence electrons. The Morgan fingerprint density at radius 3 is 2.81 bits per heavy atom. The fourth-order valence-electron chi connectivity index (χ4n) is 2.95. The first-order chi connectivity index (χ1) is 12.8. The summed E-state index contributed by atoms with van der Waals surface area (Å²) < 4.78 is 1.35. The molecular formula is C18H17N7O. The molecule has 8 nitrogen and oxygen atoms in total. The van der Waals surface area contributed by atoms with Gasteiger partial charge in [0.25, 0.3) is 11.3 Å². The number of H-pyrrole nitrogens is 2. The lowest BCUT2D eigenvalue weighted by atomic mass is 10.2. The summed E-state index contributed by atoms with van der Waals surface area (Å²) in [7, 11) is 0. The van der Waals surface area contributed by atoms with Crippen LogP contribution in [0.25, 0.3) is 17.2 Å². The van der Waals surface area contributed by atoms with Crippen LogP contribution in [0.15, 0.2) is 47.3 Å². The molecule has 0 saturated heterocycles. The van der Waals surface area contributed by atoms with E-state index in [0.29, 0.717) is 29.8 Å². The second kappa shape index (κ2) is 5.83. The summed E-state index contributed by atoms with van der Waals surface area (Å²) in [5, 5.41) is 13.5. The summed E-state index contributed by atoms with van der Waals surface area (Å²) in [5.74, 6) is 2.36. The molecule has 26 heavy (non-hydrogen) atoms. The molecule has 0 unspecified atom stereocenters. The molecule has 0 aliphatic heterocycles. The number of nitrogens with zero attached hydrogens (tertiary/aromatic N) is 4. The van der Waals surface area contributed by atoms with Crippen molar-refractivity contribution in [3.05, 3.63) is 64.2 Å². The molecule has 1 saturated carbocycles. The van der Waals surface area contributed by atoms with Gasteiger partial charge >= 0.3 is 0 Å². The molecule has 0 atom stereocenters. The maximum Gasteiger partial charge on any atom is 0.274 e. The van der Waals surface area contributed by atoms with E-state index < -0.39 is 0 Å². The number of rotatable bonds is 5. The molecule has 3 N–H and O–H groups in total. The third kappa shape index (κ3) is 2.75. The summed E-state index contributed by atoms with van der Waals surface area (Å²) in [6.07, 6.45) is 2.44. The minimum Gasteiger partial charge on any atom is -0.363 e. The summed E-state index contributed by atoms with van der Waals surface area (Å²) in [5.41, 5.74) is 2.50. The van der Waals surface area contributed by atoms with Gasteiger partial charge in [-0.3, -0.25) is 15.0 Å². The normalized spacial score (nSPS) is 14.0. The van der Waals surface area contributed by atoms with E-state index in [0.717, 1.165) is 17.1 Å². The van der Waals surface area contributed by atoms with Gasteiger partial charge in [0.05, 0.1) is 12.2 Å². The van der Waals surface area contributed by atoms with Crippen LogP contribution in [0.3, 0.4) is 0 Å². The van der Waals surface area contributed by atoms with E-state index in [9.17, 15) is 4.79 Å². The van der Waals surface area contributed by atoms with Crippen LogP contribution >= 0.6 is 0 Å². The molecule has 8 heteroatoms. The topological polar surface area (TPSA) is 104 Å². The Hall–Kier alpha value is -3.42. The molecule has 1 aromatic carbocycles. The van der Waals surface area contributed by atoms with Gasteiger partial charge in [-0.1, -0.05) is 30.3 Å². The van der Waals surface area contributed by atoms with Crippen LogP contribution in [-0.4, -0.2) is 29.8 Å². The van der Waals surface area contributed by atoms with E-state index in [-0.39, 0.29) is 5.56 Å². The second-order valence-electron chi connectivity index (χ2n) is 6.50. The first-order valence-electron chi connectivity index (χ1n) is 8.59. The number of anilines is 1. The standard InChI is InChI=1S/C18H17N7O/c26-16-8-13(10-19-15-9-14(22-23-15)11-6-7-11)20-18-21-17(24-25(16)18)12-4-2-1-3-5-12/h1-5,8-9,11H,6-7,10H2,(H2,19,22,23)(H,20,21,24). The minimum absolute atomic E-state index is 0.192. The zero-order chi connectivity index (χ0) is 17.5. The van der Waals surface area contributed by atoms with Crippen LogP contribution in [-0.2, 0) is 6.54 Å². The Labute approximate surface area is 148 Å². The SMILES string of the molecule is O=c1cc(CNc2cc(C3CC3)[nH]n2)nc2nc(-c3ccccc3)[nH]n12. The molecule has 5 rings (SSSR count). The van der Waals surface area contributed by atoms with Gasteiger partial charge in [-0.25, -0.2) is 4.98 Å². The summed E-state index contributed by atoms with van der Waals surface area (Å²) >= 11 is 0. The van der Waals surface area contributed by atoms with Crippen molar-refractivity contribution < 1.29 is 0 Å². The van der Waals surface area contributed by atoms with E-state index in [1.165, 1.54) is 23.4 Å². The Morgan fingerprint density at radius 2 is 2.00 bits per heavy atom. The molecule has 0 spiro atoms. The van der Waals surface area contributed by atoms with Crippen LogP contribution < -0.4 is 10.9 Å². The molecular weight excluding hydrogens is 330 g/mol. The predicted octanol–water partition coefficient (Wildman–Crippen LogP) is 2.30. The van der Waals surface area contributed by atoms with Gasteiger partial charge in [0.2, 0.25) is 0 Å². The third-order valence-electron chi connectivity index (χ3n) is 4.50. The van der Waals surface area contributed by atoms with Gasteiger partial charge in [-0.05, 0) is 12.8 Å². The smallest absolute Gasteiger partial charge is 0.274 e. The lowest BCUT2D eigenvalue weighted by Crippen LogP contribution is -2.17. The van der Waals surface area contributed by atoms with Gasteiger partial charge in [0.1, 0.15) is 5.82 Å². The number of fused-ring (bicyclic) bond motifs is 1. The Bertz CT molecular complexity index is 1120. The number of hydrogen-bond acceptors (Lipinski definition) is 5. The van der Waals surface area contributed by atoms with E-state index in [4.69, 9.17) is 0 Å². The highest BCUT2D eigenvalue weighted by Crippen LogP contribution is 2.39. The van der Waals surface area contributed by atoms with Crippen LogP contribution in [0.1, 0.15) is 30.1 Å². The first-order valence-corrected chi connectivity index (χ1v) is 8.59. The number of nitrogens with one attached hydrogen (secondary N) is 3. The number of benzene rings is 1. The number of aromatic nitrogens is 6. The van der Waals surface area contributed by atoms with Gasteiger partial charge in [0.15, 0.2) is 5.82 Å². The lowest BCUT2D eigenvalue weighted by Gasteiger charge is -2.01. The monoisotopic (exact) mass is 347 g/mol. The average Bonchev–Trinajstić information content (AvgIpc) is 3.24. The molecule has 3 heterocycles. The van der Waals surface area contributed by atoms with E-state index in [1.54, 1.807) is 0 Å². The second-order valence-corrected chi connectivity index (χ2v) is 6.50. The van der Waals surface area contributed by atoms with Gasteiger partial charge in [-0.2, -0.15) is 14.6 Å². The van der Waals surface area contributed by atoms with Crippen molar-refractivity contribution in [2.24, 2.45) is 0 Å². The summed E-state index contributed by atoms with van der Waals surface area (Å²) in [6.45, 7) is 0.411. The van der Waals surface area contributed by atoms with Crippen LogP contribution in [0.4, 0.5) is 5.82 Å². The Balaban J connectivity index is 1.40. The predicted molar refractivity (Wildman–Crippen MR) is 96.9 cm³/mol. The van der Waals surface area contributed by atoms with E-state index in [2.05, 4.69) is 30.6 Å². The molecule has 1 aliphatic carbocycles. The van der Waals surface area contributed by atoms with E-state index in [1.807, 2.05) is 36.4 Å². The number of hydrogen-bond donors (Lipinski definition) is 3. The molecule has 0 bridgehead atoms. The minimum atomic E-state index is -0.192. The maximum absolute atomic E-state index is 12.4. The van der Waals surface area contributed by atoms with Crippen LogP contribution in [0.2, 0.25) is 0 Å². The third-order valence-corrected chi connectivity index (χ3v) is 4.50. The van der Waals surface area contributed by atoms with Gasteiger partial charge < -0.3 is 5.32 Å². The summed E-state index contributed by atoms with van der Waals surface area (Å²) in [4.78, 5) is 21.3. The van der Waals surface area contributed by atoms with Crippen LogP contribution in [0.5, 0.6) is 0 Å². The summed E-state index contributed by atoms with van der Waals surface area (Å²) in [6, 6.07) is 13.2.